The molecular weight excluding hydrogens is 224 g/mol. The van der Waals surface area contributed by atoms with Crippen molar-refractivity contribution >= 4 is 0 Å². The summed E-state index contributed by atoms with van der Waals surface area (Å²) in [4.78, 5) is 2.50. The van der Waals surface area contributed by atoms with Gasteiger partial charge >= 0.3 is 0 Å². The van der Waals surface area contributed by atoms with Crippen molar-refractivity contribution in [2.75, 3.05) is 19.6 Å². The first-order chi connectivity index (χ1) is 8.69. The van der Waals surface area contributed by atoms with Crippen LogP contribution >= 0.6 is 0 Å². The largest absolute Gasteiger partial charge is 0.508 e. The molecule has 0 saturated carbocycles. The lowest BCUT2D eigenvalue weighted by Gasteiger charge is -2.33. The standard InChI is InChI=1S/C15H24N2O/c1-3-17-10-8-14(9-11-17)16-12(2)13-4-6-15(18)7-5-13/h4-7,12,14,16,18H,3,8-11H2,1-2H3. The molecule has 100 valence electrons. The van der Waals surface area contributed by atoms with Crippen LogP contribution < -0.4 is 5.32 Å². The minimum Gasteiger partial charge on any atom is -0.508 e. The Hall–Kier alpha value is -1.06. The zero-order valence-electron chi connectivity index (χ0n) is 11.4. The van der Waals surface area contributed by atoms with E-state index in [0.29, 0.717) is 17.8 Å². The van der Waals surface area contributed by atoms with Crippen LogP contribution in [0.25, 0.3) is 0 Å². The molecule has 18 heavy (non-hydrogen) atoms. The molecule has 1 atom stereocenters. The summed E-state index contributed by atoms with van der Waals surface area (Å²) in [6.45, 7) is 8.00. The molecule has 1 unspecified atom stereocenters. The van der Waals surface area contributed by atoms with Crippen molar-refractivity contribution in [2.24, 2.45) is 0 Å². The molecule has 0 aliphatic carbocycles. The lowest BCUT2D eigenvalue weighted by atomic mass is 10.0. The Labute approximate surface area is 110 Å². The second-order valence-corrected chi connectivity index (χ2v) is 5.19. The van der Waals surface area contributed by atoms with E-state index in [1.54, 1.807) is 12.1 Å². The number of aromatic hydroxyl groups is 1. The van der Waals surface area contributed by atoms with Gasteiger partial charge in [0.05, 0.1) is 0 Å². The topological polar surface area (TPSA) is 35.5 Å². The monoisotopic (exact) mass is 248 g/mol. The molecule has 1 saturated heterocycles. The second kappa shape index (κ2) is 6.21. The Kier molecular flexibility index (Phi) is 4.61. The van der Waals surface area contributed by atoms with E-state index in [4.69, 9.17) is 0 Å². The minimum atomic E-state index is 0.335. The first-order valence-corrected chi connectivity index (χ1v) is 6.96. The average molecular weight is 248 g/mol. The minimum absolute atomic E-state index is 0.335. The quantitative estimate of drug-likeness (QED) is 0.859. The molecular formula is C15H24N2O. The Morgan fingerprint density at radius 2 is 1.89 bits per heavy atom. The number of hydrogen-bond acceptors (Lipinski definition) is 3. The zero-order chi connectivity index (χ0) is 13.0. The Morgan fingerprint density at radius 1 is 1.28 bits per heavy atom. The first-order valence-electron chi connectivity index (χ1n) is 6.96. The van der Waals surface area contributed by atoms with Crippen LogP contribution in [0.2, 0.25) is 0 Å². The molecule has 1 aliphatic rings. The van der Waals surface area contributed by atoms with Crippen LogP contribution in [0, 0.1) is 0 Å². The fraction of sp³-hybridized carbons (Fsp3) is 0.600. The highest BCUT2D eigenvalue weighted by atomic mass is 16.3. The lowest BCUT2D eigenvalue weighted by Crippen LogP contribution is -2.43. The molecule has 1 aromatic carbocycles. The maximum absolute atomic E-state index is 9.29. The normalized spacial score (nSPS) is 19.9. The van der Waals surface area contributed by atoms with Gasteiger partial charge in [-0.15, -0.1) is 0 Å². The molecule has 2 N–H and O–H groups in total. The van der Waals surface area contributed by atoms with Crippen molar-refractivity contribution in [1.82, 2.24) is 10.2 Å². The summed E-state index contributed by atoms with van der Waals surface area (Å²) < 4.78 is 0. The summed E-state index contributed by atoms with van der Waals surface area (Å²) in [6.07, 6.45) is 2.46. The van der Waals surface area contributed by atoms with Crippen molar-refractivity contribution in [3.8, 4) is 5.75 Å². The Balaban J connectivity index is 1.84. The number of nitrogens with one attached hydrogen (secondary N) is 1. The summed E-state index contributed by atoms with van der Waals surface area (Å²) in [5, 5.41) is 13.0. The molecule has 0 radical (unpaired) electrons. The number of nitrogens with zero attached hydrogens (tertiary/aromatic N) is 1. The van der Waals surface area contributed by atoms with Gasteiger partial charge in [0.25, 0.3) is 0 Å². The molecule has 3 heteroatoms. The van der Waals surface area contributed by atoms with Crippen LogP contribution in [-0.2, 0) is 0 Å². The van der Waals surface area contributed by atoms with Gasteiger partial charge < -0.3 is 15.3 Å². The van der Waals surface area contributed by atoms with Crippen molar-refractivity contribution in [1.29, 1.82) is 0 Å². The van der Waals surface area contributed by atoms with Gasteiger partial charge in [-0.25, -0.2) is 0 Å². The van der Waals surface area contributed by atoms with Crippen molar-refractivity contribution < 1.29 is 5.11 Å². The smallest absolute Gasteiger partial charge is 0.115 e. The molecule has 0 aromatic heterocycles. The second-order valence-electron chi connectivity index (χ2n) is 5.19. The Bertz CT molecular complexity index is 355. The summed E-state index contributed by atoms with van der Waals surface area (Å²) in [5.41, 5.74) is 1.24. The number of benzene rings is 1. The molecule has 3 nitrogen and oxygen atoms in total. The molecule has 1 aromatic rings. The molecule has 0 bridgehead atoms. The molecule has 1 fully saturated rings. The van der Waals surface area contributed by atoms with Gasteiger partial charge in [0.1, 0.15) is 5.75 Å². The van der Waals surface area contributed by atoms with E-state index < -0.39 is 0 Å². The molecule has 1 aliphatic heterocycles. The fourth-order valence-corrected chi connectivity index (χ4v) is 2.63. The summed E-state index contributed by atoms with van der Waals surface area (Å²) in [5.74, 6) is 0.335. The maximum atomic E-state index is 9.29. The average Bonchev–Trinajstić information content (AvgIpc) is 2.40. The summed E-state index contributed by atoms with van der Waals surface area (Å²) in [6, 6.07) is 8.48. The highest BCUT2D eigenvalue weighted by Gasteiger charge is 2.19. The highest BCUT2D eigenvalue weighted by Crippen LogP contribution is 2.19. The van der Waals surface area contributed by atoms with Crippen LogP contribution in [0.5, 0.6) is 5.75 Å². The van der Waals surface area contributed by atoms with Crippen molar-refractivity contribution in [2.45, 2.75) is 38.8 Å². The van der Waals surface area contributed by atoms with Gasteiger partial charge in [-0.1, -0.05) is 19.1 Å². The van der Waals surface area contributed by atoms with Crippen molar-refractivity contribution in [3.63, 3.8) is 0 Å². The predicted molar refractivity (Wildman–Crippen MR) is 74.8 cm³/mol. The van der Waals surface area contributed by atoms with Crippen LogP contribution in [-0.4, -0.2) is 35.7 Å². The van der Waals surface area contributed by atoms with Crippen LogP contribution in [0.4, 0.5) is 0 Å². The van der Waals surface area contributed by atoms with Gasteiger partial charge in [-0.3, -0.25) is 0 Å². The molecule has 2 rings (SSSR count). The predicted octanol–water partition coefficient (Wildman–Crippen LogP) is 2.53. The number of piperidine rings is 1. The number of hydrogen-bond donors (Lipinski definition) is 2. The third-order valence-corrected chi connectivity index (χ3v) is 3.91. The molecule has 0 spiro atoms. The van der Waals surface area contributed by atoms with Gasteiger partial charge in [0.15, 0.2) is 0 Å². The summed E-state index contributed by atoms with van der Waals surface area (Å²) >= 11 is 0. The molecule has 1 heterocycles. The number of phenols is 1. The number of likely N-dealkylation sites (tertiary alicyclic amines) is 1. The summed E-state index contributed by atoms with van der Waals surface area (Å²) in [7, 11) is 0. The van der Waals surface area contributed by atoms with E-state index >= 15 is 0 Å². The van der Waals surface area contributed by atoms with E-state index in [-0.39, 0.29) is 0 Å². The van der Waals surface area contributed by atoms with E-state index in [9.17, 15) is 5.11 Å². The fourth-order valence-electron chi connectivity index (χ4n) is 2.63. The van der Waals surface area contributed by atoms with Crippen LogP contribution in [0.3, 0.4) is 0 Å². The first kappa shape index (κ1) is 13.4. The highest BCUT2D eigenvalue weighted by molar-refractivity contribution is 5.27. The van der Waals surface area contributed by atoms with Gasteiger partial charge in [-0.05, 0) is 57.1 Å². The zero-order valence-corrected chi connectivity index (χ0v) is 11.4. The SMILES string of the molecule is CCN1CCC(NC(C)c2ccc(O)cc2)CC1. The Morgan fingerprint density at radius 3 is 2.44 bits per heavy atom. The maximum Gasteiger partial charge on any atom is 0.115 e. The van der Waals surface area contributed by atoms with Crippen molar-refractivity contribution in [3.05, 3.63) is 29.8 Å². The van der Waals surface area contributed by atoms with Crippen LogP contribution in [0.1, 0.15) is 38.3 Å². The molecule has 0 amide bonds. The van der Waals surface area contributed by atoms with E-state index in [1.807, 2.05) is 12.1 Å². The third kappa shape index (κ3) is 3.47. The third-order valence-electron chi connectivity index (χ3n) is 3.91. The lowest BCUT2D eigenvalue weighted by molar-refractivity contribution is 0.200. The van der Waals surface area contributed by atoms with Gasteiger partial charge in [0, 0.05) is 12.1 Å². The van der Waals surface area contributed by atoms with Gasteiger partial charge in [-0.2, -0.15) is 0 Å². The van der Waals surface area contributed by atoms with E-state index in [0.717, 1.165) is 0 Å². The number of phenolic OH excluding ortho intramolecular Hbond substituents is 1. The number of rotatable bonds is 4. The van der Waals surface area contributed by atoms with Crippen LogP contribution in [0.15, 0.2) is 24.3 Å². The van der Waals surface area contributed by atoms with Gasteiger partial charge in [0.2, 0.25) is 0 Å². The van der Waals surface area contributed by atoms with E-state index in [2.05, 4.69) is 24.1 Å². The van der Waals surface area contributed by atoms with E-state index in [1.165, 1.54) is 38.0 Å².